The van der Waals surface area contributed by atoms with Crippen molar-refractivity contribution >= 4 is 21.6 Å². The lowest BCUT2D eigenvalue weighted by atomic mass is 10.2. The van der Waals surface area contributed by atoms with Crippen molar-refractivity contribution in [2.24, 2.45) is 0 Å². The van der Waals surface area contributed by atoms with Crippen LogP contribution in [0.25, 0.3) is 11.5 Å². The van der Waals surface area contributed by atoms with E-state index in [-0.39, 0.29) is 22.6 Å². The first-order valence-corrected chi connectivity index (χ1v) is 9.73. The van der Waals surface area contributed by atoms with Crippen molar-refractivity contribution in [1.82, 2.24) is 10.2 Å². The third kappa shape index (κ3) is 3.50. The molecular weight excluding hydrogens is 356 g/mol. The van der Waals surface area contributed by atoms with Gasteiger partial charge in [-0.2, -0.15) is 0 Å². The van der Waals surface area contributed by atoms with E-state index in [1.165, 1.54) is 7.11 Å². The second-order valence-electron chi connectivity index (χ2n) is 5.24. The Balaban J connectivity index is 1.79. The third-order valence-corrected chi connectivity index (χ3v) is 6.64. The number of rotatable bonds is 5. The summed E-state index contributed by atoms with van der Waals surface area (Å²) in [5.41, 5.74) is 0.645. The van der Waals surface area contributed by atoms with Crippen molar-refractivity contribution in [3.63, 3.8) is 0 Å². The molecule has 0 spiro atoms. The van der Waals surface area contributed by atoms with E-state index in [0.717, 1.165) is 11.8 Å². The number of methoxy groups -OCH3 is 2. The summed E-state index contributed by atoms with van der Waals surface area (Å²) in [4.78, 5) is 0. The maximum atomic E-state index is 11.5. The van der Waals surface area contributed by atoms with Gasteiger partial charge in [0.1, 0.15) is 0 Å². The molecule has 1 aliphatic rings. The van der Waals surface area contributed by atoms with E-state index in [4.69, 9.17) is 13.9 Å². The Morgan fingerprint density at radius 2 is 1.96 bits per heavy atom. The lowest BCUT2D eigenvalue weighted by Crippen LogP contribution is -2.19. The number of ether oxygens (including phenoxy) is 2. The number of hydrogen-bond acceptors (Lipinski definition) is 9. The first-order valence-electron chi connectivity index (χ1n) is 7.03. The molecule has 0 bridgehead atoms. The number of thioether (sulfide) groups is 1. The lowest BCUT2D eigenvalue weighted by Gasteiger charge is -2.08. The molecular formula is C14H16N2O6S2. The largest absolute Gasteiger partial charge is 0.493 e. The van der Waals surface area contributed by atoms with Crippen LogP contribution in [0.1, 0.15) is 0 Å². The van der Waals surface area contributed by atoms with Crippen LogP contribution in [-0.4, -0.2) is 60.8 Å². The highest BCUT2D eigenvalue weighted by molar-refractivity contribution is 8.01. The second kappa shape index (κ2) is 6.61. The zero-order chi connectivity index (χ0) is 17.3. The van der Waals surface area contributed by atoms with Crippen molar-refractivity contribution in [2.75, 3.05) is 25.7 Å². The number of aliphatic hydroxyl groups excluding tert-OH is 1. The first kappa shape index (κ1) is 17.1. The molecule has 2 heterocycles. The smallest absolute Gasteiger partial charge is 0.277 e. The number of aliphatic hydroxyl groups is 1. The van der Waals surface area contributed by atoms with E-state index in [0.29, 0.717) is 17.1 Å². The Morgan fingerprint density at radius 1 is 1.21 bits per heavy atom. The molecule has 2 aromatic rings. The summed E-state index contributed by atoms with van der Waals surface area (Å²) in [6.45, 7) is 0. The molecule has 8 nitrogen and oxygen atoms in total. The molecule has 3 rings (SSSR count). The van der Waals surface area contributed by atoms with Gasteiger partial charge < -0.3 is 19.0 Å². The lowest BCUT2D eigenvalue weighted by molar-refractivity contribution is 0.207. The normalized spacial score (nSPS) is 22.5. The fourth-order valence-electron chi connectivity index (χ4n) is 2.38. The first-order chi connectivity index (χ1) is 11.4. The minimum atomic E-state index is -3.22. The summed E-state index contributed by atoms with van der Waals surface area (Å²) < 4.78 is 39.0. The molecule has 1 aromatic carbocycles. The Bertz CT molecular complexity index is 836. The van der Waals surface area contributed by atoms with Gasteiger partial charge in [-0.25, -0.2) is 8.42 Å². The van der Waals surface area contributed by atoms with Gasteiger partial charge in [-0.15, -0.1) is 10.2 Å². The van der Waals surface area contributed by atoms with E-state index in [9.17, 15) is 13.5 Å². The highest BCUT2D eigenvalue weighted by Crippen LogP contribution is 2.34. The summed E-state index contributed by atoms with van der Waals surface area (Å²) in [5, 5.41) is 17.4. The molecule has 1 N–H and O–H groups in total. The fourth-order valence-corrected chi connectivity index (χ4v) is 5.74. The monoisotopic (exact) mass is 372 g/mol. The molecule has 0 radical (unpaired) electrons. The summed E-state index contributed by atoms with van der Waals surface area (Å²) in [6.07, 6.45) is -0.934. The number of aromatic nitrogens is 2. The predicted molar refractivity (Wildman–Crippen MR) is 87.1 cm³/mol. The van der Waals surface area contributed by atoms with Gasteiger partial charge >= 0.3 is 0 Å². The zero-order valence-electron chi connectivity index (χ0n) is 13.0. The van der Waals surface area contributed by atoms with Crippen LogP contribution in [0.4, 0.5) is 0 Å². The molecule has 2 atom stereocenters. The van der Waals surface area contributed by atoms with E-state index >= 15 is 0 Å². The van der Waals surface area contributed by atoms with Gasteiger partial charge in [-0.3, -0.25) is 0 Å². The van der Waals surface area contributed by atoms with Gasteiger partial charge in [0.25, 0.3) is 5.22 Å². The minimum Gasteiger partial charge on any atom is -0.493 e. The molecule has 0 aliphatic carbocycles. The summed E-state index contributed by atoms with van der Waals surface area (Å²) in [7, 11) is -0.150. The van der Waals surface area contributed by atoms with Crippen LogP contribution in [-0.2, 0) is 9.84 Å². The Morgan fingerprint density at radius 3 is 2.58 bits per heavy atom. The van der Waals surface area contributed by atoms with E-state index in [1.807, 2.05) is 0 Å². The average molecular weight is 372 g/mol. The highest BCUT2D eigenvalue weighted by atomic mass is 32.2. The molecule has 10 heteroatoms. The van der Waals surface area contributed by atoms with Crippen molar-refractivity contribution < 1.29 is 27.4 Å². The molecule has 130 valence electrons. The number of hydrogen-bond donors (Lipinski definition) is 1. The van der Waals surface area contributed by atoms with Crippen LogP contribution in [0.2, 0.25) is 0 Å². The summed E-state index contributed by atoms with van der Waals surface area (Å²) in [6, 6.07) is 5.17. The predicted octanol–water partition coefficient (Wildman–Crippen LogP) is 1.00. The maximum absolute atomic E-state index is 11.5. The van der Waals surface area contributed by atoms with Crippen LogP contribution in [0.15, 0.2) is 27.8 Å². The third-order valence-electron chi connectivity index (χ3n) is 3.56. The average Bonchev–Trinajstić information content (AvgIpc) is 3.11. The van der Waals surface area contributed by atoms with Crippen molar-refractivity contribution in [1.29, 1.82) is 0 Å². The van der Waals surface area contributed by atoms with Gasteiger partial charge in [-0.1, -0.05) is 11.8 Å². The summed E-state index contributed by atoms with van der Waals surface area (Å²) in [5.74, 6) is 1.04. The minimum absolute atomic E-state index is 0.104. The molecule has 24 heavy (non-hydrogen) atoms. The maximum Gasteiger partial charge on any atom is 0.277 e. The van der Waals surface area contributed by atoms with Gasteiger partial charge in [0.2, 0.25) is 5.89 Å². The van der Waals surface area contributed by atoms with Crippen LogP contribution < -0.4 is 9.47 Å². The van der Waals surface area contributed by atoms with Crippen LogP contribution in [0.3, 0.4) is 0 Å². The Hall–Kier alpha value is -1.78. The van der Waals surface area contributed by atoms with Crippen LogP contribution in [0, 0.1) is 0 Å². The topological polar surface area (TPSA) is 112 Å². The zero-order valence-corrected chi connectivity index (χ0v) is 14.6. The Labute approximate surface area is 143 Å². The van der Waals surface area contributed by atoms with Gasteiger partial charge in [0.05, 0.1) is 37.1 Å². The number of nitrogens with zero attached hydrogens (tertiary/aromatic N) is 2. The van der Waals surface area contributed by atoms with Gasteiger partial charge in [0, 0.05) is 5.56 Å². The van der Waals surface area contributed by atoms with Crippen molar-refractivity contribution in [3.8, 4) is 23.0 Å². The van der Waals surface area contributed by atoms with E-state index in [1.54, 1.807) is 25.3 Å². The SMILES string of the molecule is COc1ccc(-c2nnc(S[C@H]3CS(=O)(=O)C[C@H]3O)o2)cc1OC. The van der Waals surface area contributed by atoms with E-state index in [2.05, 4.69) is 10.2 Å². The number of sulfone groups is 1. The van der Waals surface area contributed by atoms with Crippen LogP contribution >= 0.6 is 11.8 Å². The number of benzene rings is 1. The second-order valence-corrected chi connectivity index (χ2v) is 8.59. The van der Waals surface area contributed by atoms with E-state index < -0.39 is 21.2 Å². The summed E-state index contributed by atoms with van der Waals surface area (Å²) >= 11 is 1.07. The van der Waals surface area contributed by atoms with Gasteiger partial charge in [-0.05, 0) is 18.2 Å². The van der Waals surface area contributed by atoms with Crippen molar-refractivity contribution in [3.05, 3.63) is 18.2 Å². The molecule has 1 fully saturated rings. The van der Waals surface area contributed by atoms with Crippen molar-refractivity contribution in [2.45, 2.75) is 16.6 Å². The highest BCUT2D eigenvalue weighted by Gasteiger charge is 2.38. The molecule has 0 amide bonds. The molecule has 0 saturated carbocycles. The quantitative estimate of drug-likeness (QED) is 0.821. The van der Waals surface area contributed by atoms with Crippen LogP contribution in [0.5, 0.6) is 11.5 Å². The van der Waals surface area contributed by atoms with Gasteiger partial charge in [0.15, 0.2) is 21.3 Å². The Kier molecular flexibility index (Phi) is 4.70. The molecule has 1 saturated heterocycles. The molecule has 1 aliphatic heterocycles. The molecule has 1 aromatic heterocycles. The fraction of sp³-hybridized carbons (Fsp3) is 0.429. The standard InChI is InChI=1S/C14H16N2O6S2/c1-20-10-4-3-8(5-11(10)21-2)13-15-16-14(22-13)23-12-7-24(18,19)6-9(12)17/h3-5,9,12,17H,6-7H2,1-2H3/t9-,12+/m1/s1. The molecule has 0 unspecified atom stereocenters.